The zero-order valence-corrected chi connectivity index (χ0v) is 14.7. The topological polar surface area (TPSA) is 48.1 Å². The fourth-order valence-electron chi connectivity index (χ4n) is 2.96. The minimum atomic E-state index is 0.541. The number of rotatable bonds is 4. The van der Waals surface area contributed by atoms with Gasteiger partial charge in [0.1, 0.15) is 5.82 Å². The van der Waals surface area contributed by atoms with E-state index in [0.717, 1.165) is 22.3 Å². The SMILES string of the molecule is COCc1cccc(-c2cc(-c3cc4ccccc4s3)cnc2N)c1. The number of nitrogens with zero attached hydrogens (tertiary/aromatic N) is 1. The lowest BCUT2D eigenvalue weighted by Gasteiger charge is -2.09. The number of methoxy groups -OCH3 is 1. The van der Waals surface area contributed by atoms with E-state index in [0.29, 0.717) is 12.4 Å². The van der Waals surface area contributed by atoms with Gasteiger partial charge in [0, 0.05) is 34.0 Å². The summed E-state index contributed by atoms with van der Waals surface area (Å²) in [6.07, 6.45) is 1.85. The number of ether oxygens (including phenoxy) is 1. The van der Waals surface area contributed by atoms with Crippen LogP contribution in [0.1, 0.15) is 5.56 Å². The molecule has 0 spiro atoms. The van der Waals surface area contributed by atoms with Crippen LogP contribution in [0.15, 0.2) is 66.9 Å². The fraction of sp³-hybridized carbons (Fsp3) is 0.0952. The van der Waals surface area contributed by atoms with Gasteiger partial charge in [-0.25, -0.2) is 4.98 Å². The van der Waals surface area contributed by atoms with E-state index in [9.17, 15) is 0 Å². The Morgan fingerprint density at radius 2 is 1.88 bits per heavy atom. The van der Waals surface area contributed by atoms with Crippen LogP contribution in [0.4, 0.5) is 5.82 Å². The lowest BCUT2D eigenvalue weighted by atomic mass is 10.0. The van der Waals surface area contributed by atoms with E-state index < -0.39 is 0 Å². The summed E-state index contributed by atoms with van der Waals surface area (Å²) < 4.78 is 6.51. The first kappa shape index (κ1) is 15.8. The van der Waals surface area contributed by atoms with Gasteiger partial charge in [-0.05, 0) is 40.8 Å². The summed E-state index contributed by atoms with van der Waals surface area (Å²) in [4.78, 5) is 5.63. The summed E-state index contributed by atoms with van der Waals surface area (Å²) in [5.74, 6) is 0.541. The maximum atomic E-state index is 6.16. The molecule has 0 saturated heterocycles. The summed E-state index contributed by atoms with van der Waals surface area (Å²) in [6.45, 7) is 0.581. The van der Waals surface area contributed by atoms with Gasteiger partial charge in [0.2, 0.25) is 0 Å². The zero-order chi connectivity index (χ0) is 17.2. The number of benzene rings is 2. The Hall–Kier alpha value is -2.69. The van der Waals surface area contributed by atoms with Gasteiger partial charge in [0.15, 0.2) is 0 Å². The summed E-state index contributed by atoms with van der Waals surface area (Å²) in [5.41, 5.74) is 10.4. The third kappa shape index (κ3) is 3.14. The molecule has 4 rings (SSSR count). The summed E-state index contributed by atoms with van der Waals surface area (Å²) in [6, 6.07) is 21.0. The molecule has 2 N–H and O–H groups in total. The molecule has 124 valence electrons. The predicted octanol–water partition coefficient (Wildman–Crippen LogP) is 5.36. The van der Waals surface area contributed by atoms with Gasteiger partial charge >= 0.3 is 0 Å². The van der Waals surface area contributed by atoms with Gasteiger partial charge in [0.05, 0.1) is 6.61 Å². The van der Waals surface area contributed by atoms with Crippen molar-refractivity contribution < 1.29 is 4.74 Å². The van der Waals surface area contributed by atoms with Crippen LogP contribution in [0.5, 0.6) is 0 Å². The molecule has 0 fully saturated rings. The highest BCUT2D eigenvalue weighted by atomic mass is 32.1. The van der Waals surface area contributed by atoms with Crippen molar-refractivity contribution in [3.05, 3.63) is 72.4 Å². The number of aromatic nitrogens is 1. The van der Waals surface area contributed by atoms with Crippen molar-refractivity contribution in [2.75, 3.05) is 12.8 Å². The van der Waals surface area contributed by atoms with Crippen LogP contribution < -0.4 is 5.73 Å². The van der Waals surface area contributed by atoms with Crippen molar-refractivity contribution in [3.63, 3.8) is 0 Å². The second-order valence-corrected chi connectivity index (χ2v) is 7.02. The molecule has 0 aliphatic heterocycles. The first-order chi connectivity index (χ1) is 12.2. The highest BCUT2D eigenvalue weighted by molar-refractivity contribution is 7.22. The number of nitrogens with two attached hydrogens (primary N) is 1. The monoisotopic (exact) mass is 346 g/mol. The third-order valence-corrected chi connectivity index (χ3v) is 5.34. The normalized spacial score (nSPS) is 11.1. The van der Waals surface area contributed by atoms with Gasteiger partial charge in [-0.15, -0.1) is 11.3 Å². The standard InChI is InChI=1S/C21H18N2OS/c1-24-13-14-5-4-7-15(9-14)18-10-17(12-23-21(18)22)20-11-16-6-2-3-8-19(16)25-20/h2-12H,13H2,1H3,(H2,22,23). The maximum absolute atomic E-state index is 6.16. The summed E-state index contributed by atoms with van der Waals surface area (Å²) in [5, 5.41) is 1.25. The third-order valence-electron chi connectivity index (χ3n) is 4.18. The maximum Gasteiger partial charge on any atom is 0.131 e. The fourth-order valence-corrected chi connectivity index (χ4v) is 4.00. The van der Waals surface area contributed by atoms with Crippen LogP contribution in [0.25, 0.3) is 31.7 Å². The van der Waals surface area contributed by atoms with Crippen LogP contribution in [0.3, 0.4) is 0 Å². The highest BCUT2D eigenvalue weighted by Crippen LogP contribution is 2.36. The Kier molecular flexibility index (Phi) is 4.22. The average Bonchev–Trinajstić information content (AvgIpc) is 3.07. The number of nitrogen functional groups attached to an aromatic ring is 1. The van der Waals surface area contributed by atoms with Gasteiger partial charge in [0.25, 0.3) is 0 Å². The van der Waals surface area contributed by atoms with E-state index in [1.54, 1.807) is 18.4 Å². The van der Waals surface area contributed by atoms with Crippen molar-refractivity contribution in [3.8, 4) is 21.6 Å². The second-order valence-electron chi connectivity index (χ2n) is 5.94. The van der Waals surface area contributed by atoms with E-state index in [-0.39, 0.29) is 0 Å². The molecule has 0 unspecified atom stereocenters. The number of thiophene rings is 1. The van der Waals surface area contributed by atoms with E-state index in [4.69, 9.17) is 10.5 Å². The second kappa shape index (κ2) is 6.67. The van der Waals surface area contributed by atoms with Gasteiger partial charge in [-0.1, -0.05) is 36.4 Å². The van der Waals surface area contributed by atoms with E-state index >= 15 is 0 Å². The van der Waals surface area contributed by atoms with Crippen LogP contribution >= 0.6 is 11.3 Å². The predicted molar refractivity (Wildman–Crippen MR) is 106 cm³/mol. The number of fused-ring (bicyclic) bond motifs is 1. The van der Waals surface area contributed by atoms with E-state index in [1.807, 2.05) is 18.3 Å². The zero-order valence-electron chi connectivity index (χ0n) is 13.9. The molecule has 0 bridgehead atoms. The molecular formula is C21H18N2OS. The number of hydrogen-bond acceptors (Lipinski definition) is 4. The molecule has 25 heavy (non-hydrogen) atoms. The van der Waals surface area contributed by atoms with E-state index in [2.05, 4.69) is 53.5 Å². The number of pyridine rings is 1. The first-order valence-electron chi connectivity index (χ1n) is 8.07. The molecule has 4 heteroatoms. The molecule has 0 saturated carbocycles. The lowest BCUT2D eigenvalue weighted by Crippen LogP contribution is -1.95. The van der Waals surface area contributed by atoms with Crippen LogP contribution in [0.2, 0.25) is 0 Å². The van der Waals surface area contributed by atoms with E-state index in [1.165, 1.54) is 15.0 Å². The van der Waals surface area contributed by atoms with Crippen molar-refractivity contribution >= 4 is 27.2 Å². The number of anilines is 1. The van der Waals surface area contributed by atoms with Crippen molar-refractivity contribution in [2.45, 2.75) is 6.61 Å². The Labute approximate surface area is 150 Å². The van der Waals surface area contributed by atoms with Crippen LogP contribution in [-0.4, -0.2) is 12.1 Å². The minimum Gasteiger partial charge on any atom is -0.383 e. The molecule has 0 aliphatic carbocycles. The molecule has 2 aromatic carbocycles. The molecule has 0 amide bonds. The number of hydrogen-bond donors (Lipinski definition) is 1. The molecule has 4 aromatic rings. The van der Waals surface area contributed by atoms with Crippen molar-refractivity contribution in [1.82, 2.24) is 4.98 Å². The Morgan fingerprint density at radius 1 is 1.00 bits per heavy atom. The van der Waals surface area contributed by atoms with Gasteiger partial charge in [-0.3, -0.25) is 0 Å². The Bertz CT molecular complexity index is 1010. The van der Waals surface area contributed by atoms with Gasteiger partial charge in [-0.2, -0.15) is 0 Å². The largest absolute Gasteiger partial charge is 0.383 e. The van der Waals surface area contributed by atoms with Crippen LogP contribution in [-0.2, 0) is 11.3 Å². The minimum absolute atomic E-state index is 0.541. The molecule has 0 radical (unpaired) electrons. The Balaban J connectivity index is 1.79. The van der Waals surface area contributed by atoms with Crippen molar-refractivity contribution in [2.24, 2.45) is 0 Å². The molecule has 0 aliphatic rings. The highest BCUT2D eigenvalue weighted by Gasteiger charge is 2.10. The molecule has 2 aromatic heterocycles. The quantitative estimate of drug-likeness (QED) is 0.541. The smallest absolute Gasteiger partial charge is 0.131 e. The first-order valence-corrected chi connectivity index (χ1v) is 8.89. The molecule has 0 atom stereocenters. The Morgan fingerprint density at radius 3 is 2.72 bits per heavy atom. The molecule has 3 nitrogen and oxygen atoms in total. The summed E-state index contributed by atoms with van der Waals surface area (Å²) in [7, 11) is 1.70. The summed E-state index contributed by atoms with van der Waals surface area (Å²) >= 11 is 1.77. The molecule has 2 heterocycles. The average molecular weight is 346 g/mol. The van der Waals surface area contributed by atoms with Gasteiger partial charge < -0.3 is 10.5 Å². The lowest BCUT2D eigenvalue weighted by molar-refractivity contribution is 0.185. The molecular weight excluding hydrogens is 328 g/mol. The van der Waals surface area contributed by atoms with Crippen molar-refractivity contribution in [1.29, 1.82) is 0 Å². The van der Waals surface area contributed by atoms with Crippen LogP contribution in [0, 0.1) is 0 Å².